The molecule has 116 valence electrons. The van der Waals surface area contributed by atoms with Crippen LogP contribution >= 0.6 is 0 Å². The fourth-order valence-electron chi connectivity index (χ4n) is 3.08. The highest BCUT2D eigenvalue weighted by Gasteiger charge is 2.60. The molecule has 2 bridgehead atoms. The van der Waals surface area contributed by atoms with E-state index in [-0.39, 0.29) is 17.5 Å². The first-order valence-electron chi connectivity index (χ1n) is 6.83. The van der Waals surface area contributed by atoms with Gasteiger partial charge in [-0.3, -0.25) is 0 Å². The van der Waals surface area contributed by atoms with Crippen LogP contribution in [0.15, 0.2) is 29.2 Å². The Labute approximate surface area is 122 Å². The number of nitrogens with zero attached hydrogens (tertiary/aromatic N) is 1. The molecular formula is C14H17F2NO3S. The van der Waals surface area contributed by atoms with Gasteiger partial charge in [0.15, 0.2) is 0 Å². The monoisotopic (exact) mass is 317 g/mol. The van der Waals surface area contributed by atoms with Crippen LogP contribution in [0.3, 0.4) is 0 Å². The van der Waals surface area contributed by atoms with Crippen LogP contribution in [0, 0.1) is 6.92 Å². The molecule has 1 aliphatic carbocycles. The first kappa shape index (κ1) is 14.9. The number of benzene rings is 1. The van der Waals surface area contributed by atoms with E-state index < -0.39 is 28.7 Å². The van der Waals surface area contributed by atoms with E-state index in [2.05, 4.69) is 0 Å². The number of alkyl halides is 2. The van der Waals surface area contributed by atoms with Crippen molar-refractivity contribution in [1.29, 1.82) is 0 Å². The zero-order chi connectivity index (χ0) is 15.3. The van der Waals surface area contributed by atoms with Gasteiger partial charge < -0.3 is 4.74 Å². The minimum atomic E-state index is -3.57. The van der Waals surface area contributed by atoms with E-state index in [0.717, 1.165) is 5.56 Å². The first-order valence-corrected chi connectivity index (χ1v) is 8.27. The molecule has 1 aromatic rings. The van der Waals surface area contributed by atoms with E-state index in [1.54, 1.807) is 24.3 Å². The predicted molar refractivity (Wildman–Crippen MR) is 72.8 cm³/mol. The van der Waals surface area contributed by atoms with Crippen molar-refractivity contribution >= 4 is 10.0 Å². The van der Waals surface area contributed by atoms with Crippen molar-refractivity contribution in [3.63, 3.8) is 0 Å². The van der Waals surface area contributed by atoms with E-state index in [9.17, 15) is 17.2 Å². The van der Waals surface area contributed by atoms with Crippen LogP contribution in [0.2, 0.25) is 0 Å². The van der Waals surface area contributed by atoms with E-state index in [4.69, 9.17) is 4.74 Å². The maximum absolute atomic E-state index is 12.6. The molecule has 1 aromatic carbocycles. The van der Waals surface area contributed by atoms with Gasteiger partial charge in [0, 0.05) is 12.6 Å². The summed E-state index contributed by atoms with van der Waals surface area (Å²) in [7, 11) is -3.57. The fraction of sp³-hybridized carbons (Fsp3) is 0.571. The molecule has 2 saturated heterocycles. The number of aryl methyl sites for hydroxylation is 1. The van der Waals surface area contributed by atoms with Crippen molar-refractivity contribution in [2.75, 3.05) is 13.2 Å². The number of sulfonamides is 1. The lowest BCUT2D eigenvalue weighted by molar-refractivity contribution is -0.105. The van der Waals surface area contributed by atoms with Gasteiger partial charge in [0.2, 0.25) is 10.0 Å². The van der Waals surface area contributed by atoms with E-state index in [0.29, 0.717) is 12.8 Å². The van der Waals surface area contributed by atoms with Gasteiger partial charge in [-0.15, -0.1) is 0 Å². The average Bonchev–Trinajstić information content (AvgIpc) is 2.93. The lowest BCUT2D eigenvalue weighted by Crippen LogP contribution is -2.44. The number of fused-ring (bicyclic) bond motifs is 1. The maximum Gasteiger partial charge on any atom is 0.261 e. The van der Waals surface area contributed by atoms with Crippen molar-refractivity contribution in [1.82, 2.24) is 4.31 Å². The van der Waals surface area contributed by atoms with E-state index >= 15 is 0 Å². The summed E-state index contributed by atoms with van der Waals surface area (Å²) in [6.45, 7) is 1.42. The Bertz CT molecular complexity index is 624. The highest BCUT2D eigenvalue weighted by molar-refractivity contribution is 7.89. The van der Waals surface area contributed by atoms with Gasteiger partial charge >= 0.3 is 0 Å². The third-order valence-electron chi connectivity index (χ3n) is 4.21. The molecule has 21 heavy (non-hydrogen) atoms. The number of ether oxygens (including phenoxy) is 1. The summed E-state index contributed by atoms with van der Waals surface area (Å²) >= 11 is 0. The molecule has 7 heteroatoms. The number of hydrogen-bond acceptors (Lipinski definition) is 3. The molecular weight excluding hydrogens is 300 g/mol. The second-order valence-electron chi connectivity index (χ2n) is 5.81. The molecule has 0 amide bonds. The SMILES string of the molecule is Cc1ccc(S(=O)(=O)N2CC3(OCC(F)F)CC2C3)cc1. The third-order valence-corrected chi connectivity index (χ3v) is 6.12. The molecule has 3 fully saturated rings. The Morgan fingerprint density at radius 1 is 1.33 bits per heavy atom. The second-order valence-corrected chi connectivity index (χ2v) is 7.70. The highest BCUT2D eigenvalue weighted by Crippen LogP contribution is 2.49. The molecule has 4 rings (SSSR count). The molecule has 2 heterocycles. The zero-order valence-electron chi connectivity index (χ0n) is 11.6. The lowest BCUT2D eigenvalue weighted by atomic mass is 9.81. The van der Waals surface area contributed by atoms with E-state index in [1.165, 1.54) is 4.31 Å². The van der Waals surface area contributed by atoms with E-state index in [1.807, 2.05) is 6.92 Å². The molecule has 0 spiro atoms. The standard InChI is InChI=1S/C14H17F2NO3S/c1-10-2-4-12(5-3-10)21(18,19)17-9-14(6-11(17)7-14)20-8-13(15)16/h2-5,11,13H,6-9H2,1H3. The Balaban J connectivity index is 1.76. The van der Waals surface area contributed by atoms with Gasteiger partial charge in [0.1, 0.15) is 6.61 Å². The topological polar surface area (TPSA) is 46.6 Å². The summed E-state index contributed by atoms with van der Waals surface area (Å²) in [4.78, 5) is 0.240. The van der Waals surface area contributed by atoms with Crippen molar-refractivity contribution in [2.24, 2.45) is 0 Å². The van der Waals surface area contributed by atoms with Crippen LogP contribution in [-0.2, 0) is 14.8 Å². The summed E-state index contributed by atoms with van der Waals surface area (Å²) in [6.07, 6.45) is -1.52. The van der Waals surface area contributed by atoms with Gasteiger partial charge in [-0.1, -0.05) is 17.7 Å². The average molecular weight is 317 g/mol. The molecule has 0 aromatic heterocycles. The summed E-state index contributed by atoms with van der Waals surface area (Å²) < 4.78 is 56.3. The normalized spacial score (nSPS) is 28.9. The maximum atomic E-state index is 12.6. The summed E-state index contributed by atoms with van der Waals surface area (Å²) in [6, 6.07) is 6.52. The van der Waals surface area contributed by atoms with Crippen LogP contribution in [0.1, 0.15) is 18.4 Å². The molecule has 2 aliphatic heterocycles. The highest BCUT2D eigenvalue weighted by atomic mass is 32.2. The molecule has 3 aliphatic rings. The molecule has 4 nitrogen and oxygen atoms in total. The molecule has 0 unspecified atom stereocenters. The quantitative estimate of drug-likeness (QED) is 0.836. The Kier molecular flexibility index (Phi) is 3.54. The van der Waals surface area contributed by atoms with Gasteiger partial charge in [-0.05, 0) is 31.9 Å². The first-order chi connectivity index (χ1) is 9.82. The van der Waals surface area contributed by atoms with Crippen LogP contribution in [0.25, 0.3) is 0 Å². The van der Waals surface area contributed by atoms with Crippen LogP contribution < -0.4 is 0 Å². The smallest absolute Gasteiger partial charge is 0.261 e. The largest absolute Gasteiger partial charge is 0.368 e. The molecule has 0 atom stereocenters. The summed E-state index contributed by atoms with van der Waals surface area (Å²) in [5.41, 5.74) is 0.273. The van der Waals surface area contributed by atoms with Crippen LogP contribution in [0.4, 0.5) is 8.78 Å². The predicted octanol–water partition coefficient (Wildman–Crippen LogP) is 2.18. The van der Waals surface area contributed by atoms with Crippen molar-refractivity contribution in [3.05, 3.63) is 29.8 Å². The number of halogens is 2. The molecule has 0 N–H and O–H groups in total. The Hall–Kier alpha value is -1.05. The lowest BCUT2D eigenvalue weighted by Gasteiger charge is -2.36. The van der Waals surface area contributed by atoms with Crippen molar-refractivity contribution in [3.8, 4) is 0 Å². The zero-order valence-corrected chi connectivity index (χ0v) is 12.4. The van der Waals surface area contributed by atoms with Crippen LogP contribution in [-0.4, -0.2) is 43.9 Å². The number of hydrogen-bond donors (Lipinski definition) is 0. The fourth-order valence-corrected chi connectivity index (χ4v) is 4.77. The molecule has 1 saturated carbocycles. The van der Waals surface area contributed by atoms with Gasteiger partial charge in [0.05, 0.1) is 10.5 Å². The van der Waals surface area contributed by atoms with Gasteiger partial charge in [-0.2, -0.15) is 4.31 Å². The second kappa shape index (κ2) is 5.00. The minimum Gasteiger partial charge on any atom is -0.368 e. The summed E-state index contributed by atoms with van der Waals surface area (Å²) in [5, 5.41) is 0. The summed E-state index contributed by atoms with van der Waals surface area (Å²) in [5.74, 6) is 0. The van der Waals surface area contributed by atoms with Crippen LogP contribution in [0.5, 0.6) is 0 Å². The van der Waals surface area contributed by atoms with Crippen molar-refractivity contribution in [2.45, 2.75) is 42.7 Å². The number of rotatable bonds is 5. The Morgan fingerprint density at radius 3 is 2.52 bits per heavy atom. The van der Waals surface area contributed by atoms with Gasteiger partial charge in [0.25, 0.3) is 6.43 Å². The Morgan fingerprint density at radius 2 is 1.95 bits per heavy atom. The molecule has 0 radical (unpaired) electrons. The van der Waals surface area contributed by atoms with Gasteiger partial charge in [-0.25, -0.2) is 17.2 Å². The van der Waals surface area contributed by atoms with Crippen molar-refractivity contribution < 1.29 is 21.9 Å². The minimum absolute atomic E-state index is 0.131. The third kappa shape index (κ3) is 2.58.